The van der Waals surface area contributed by atoms with E-state index in [2.05, 4.69) is 4.90 Å². The van der Waals surface area contributed by atoms with E-state index in [0.29, 0.717) is 18.8 Å². The van der Waals surface area contributed by atoms with E-state index in [1.54, 1.807) is 0 Å². The second-order valence-electron chi connectivity index (χ2n) is 4.12. The summed E-state index contributed by atoms with van der Waals surface area (Å²) in [5.41, 5.74) is 5.46. The van der Waals surface area contributed by atoms with E-state index in [1.807, 2.05) is 11.9 Å². The molecule has 3 nitrogen and oxygen atoms in total. The lowest BCUT2D eigenvalue weighted by atomic mass is 10.2. The fourth-order valence-corrected chi connectivity index (χ4v) is 1.84. The highest BCUT2D eigenvalue weighted by atomic mass is 19.1. The molecule has 1 aliphatic heterocycles. The normalized spacial score (nSPS) is 17.8. The Bertz CT molecular complexity index is 387. The molecule has 1 saturated heterocycles. The van der Waals surface area contributed by atoms with Gasteiger partial charge in [-0.3, -0.25) is 0 Å². The lowest BCUT2D eigenvalue weighted by molar-refractivity contribution is 0.311. The summed E-state index contributed by atoms with van der Waals surface area (Å²) in [5.74, 6) is -1.02. The van der Waals surface area contributed by atoms with Gasteiger partial charge >= 0.3 is 0 Å². The number of halogens is 2. The molecule has 88 valence electrons. The van der Waals surface area contributed by atoms with Gasteiger partial charge in [-0.15, -0.1) is 0 Å². The molecule has 0 aliphatic carbocycles. The quantitative estimate of drug-likeness (QED) is 0.734. The van der Waals surface area contributed by atoms with Crippen molar-refractivity contribution in [2.45, 2.75) is 0 Å². The van der Waals surface area contributed by atoms with E-state index in [4.69, 9.17) is 5.73 Å². The summed E-state index contributed by atoms with van der Waals surface area (Å²) in [5, 5.41) is 0. The zero-order valence-corrected chi connectivity index (χ0v) is 9.21. The summed E-state index contributed by atoms with van der Waals surface area (Å²) in [4.78, 5) is 4.00. The molecule has 0 aromatic heterocycles. The summed E-state index contributed by atoms with van der Waals surface area (Å²) in [7, 11) is 2.01. The Balaban J connectivity index is 2.23. The van der Waals surface area contributed by atoms with Crippen LogP contribution in [0, 0.1) is 11.6 Å². The van der Waals surface area contributed by atoms with Crippen LogP contribution < -0.4 is 10.6 Å². The maximum atomic E-state index is 13.6. The third kappa shape index (κ3) is 2.09. The first-order valence-electron chi connectivity index (χ1n) is 5.26. The number of hydrogen-bond donors (Lipinski definition) is 1. The molecule has 0 atom stereocenters. The third-order valence-corrected chi connectivity index (χ3v) is 2.91. The van der Waals surface area contributed by atoms with Crippen LogP contribution in [0.15, 0.2) is 12.1 Å². The van der Waals surface area contributed by atoms with Gasteiger partial charge in [-0.2, -0.15) is 0 Å². The van der Waals surface area contributed by atoms with Gasteiger partial charge in [0.1, 0.15) is 11.6 Å². The molecule has 1 aromatic rings. The van der Waals surface area contributed by atoms with E-state index in [9.17, 15) is 8.78 Å². The molecular formula is C11H15F2N3. The van der Waals surface area contributed by atoms with E-state index in [1.165, 1.54) is 6.07 Å². The number of hydrogen-bond acceptors (Lipinski definition) is 3. The first-order chi connectivity index (χ1) is 7.58. The van der Waals surface area contributed by atoms with E-state index < -0.39 is 11.6 Å². The summed E-state index contributed by atoms with van der Waals surface area (Å²) in [6.45, 7) is 3.12. The topological polar surface area (TPSA) is 32.5 Å². The van der Waals surface area contributed by atoms with E-state index in [0.717, 1.165) is 19.2 Å². The maximum absolute atomic E-state index is 13.6. The molecule has 1 heterocycles. The Kier molecular flexibility index (Phi) is 2.96. The van der Waals surface area contributed by atoms with Crippen molar-refractivity contribution in [3.8, 4) is 0 Å². The first kappa shape index (κ1) is 11.1. The predicted molar refractivity (Wildman–Crippen MR) is 60.5 cm³/mol. The fraction of sp³-hybridized carbons (Fsp3) is 0.455. The predicted octanol–water partition coefficient (Wildman–Crippen LogP) is 1.30. The molecule has 0 spiro atoms. The number of nitrogens with two attached hydrogens (primary N) is 1. The van der Waals surface area contributed by atoms with E-state index >= 15 is 0 Å². The van der Waals surface area contributed by atoms with Gasteiger partial charge in [-0.25, -0.2) is 8.78 Å². The molecule has 0 saturated carbocycles. The number of likely N-dealkylation sites (N-methyl/N-ethyl adjacent to an activating group) is 1. The largest absolute Gasteiger partial charge is 0.396 e. The Hall–Kier alpha value is -1.36. The molecule has 5 heteroatoms. The molecule has 1 aromatic carbocycles. The van der Waals surface area contributed by atoms with Crippen LogP contribution >= 0.6 is 0 Å². The van der Waals surface area contributed by atoms with Gasteiger partial charge in [0.05, 0.1) is 11.4 Å². The molecule has 16 heavy (non-hydrogen) atoms. The molecule has 0 bridgehead atoms. The van der Waals surface area contributed by atoms with Crippen molar-refractivity contribution >= 4 is 11.4 Å². The highest BCUT2D eigenvalue weighted by Crippen LogP contribution is 2.25. The zero-order valence-electron chi connectivity index (χ0n) is 9.21. The second-order valence-corrected chi connectivity index (χ2v) is 4.12. The van der Waals surface area contributed by atoms with Gasteiger partial charge in [0, 0.05) is 38.3 Å². The van der Waals surface area contributed by atoms with E-state index in [-0.39, 0.29) is 5.69 Å². The number of benzene rings is 1. The molecular weight excluding hydrogens is 212 g/mol. The first-order valence-corrected chi connectivity index (χ1v) is 5.26. The molecule has 2 N–H and O–H groups in total. The Labute approximate surface area is 93.4 Å². The smallest absolute Gasteiger partial charge is 0.148 e. The average Bonchev–Trinajstić information content (AvgIpc) is 2.25. The maximum Gasteiger partial charge on any atom is 0.148 e. The average molecular weight is 227 g/mol. The van der Waals surface area contributed by atoms with Crippen molar-refractivity contribution in [1.82, 2.24) is 4.90 Å². The number of rotatable bonds is 1. The van der Waals surface area contributed by atoms with Crippen LogP contribution in [0.5, 0.6) is 0 Å². The highest BCUT2D eigenvalue weighted by Gasteiger charge is 2.18. The zero-order chi connectivity index (χ0) is 11.7. The molecule has 1 aliphatic rings. The fourth-order valence-electron chi connectivity index (χ4n) is 1.84. The van der Waals surface area contributed by atoms with Crippen LogP contribution in [-0.2, 0) is 0 Å². The summed E-state index contributed by atoms with van der Waals surface area (Å²) >= 11 is 0. The van der Waals surface area contributed by atoms with Crippen LogP contribution in [-0.4, -0.2) is 38.1 Å². The van der Waals surface area contributed by atoms with Gasteiger partial charge in [-0.1, -0.05) is 0 Å². The van der Waals surface area contributed by atoms with Gasteiger partial charge in [-0.05, 0) is 7.05 Å². The number of piperazine rings is 1. The molecule has 0 radical (unpaired) electrons. The van der Waals surface area contributed by atoms with Crippen molar-refractivity contribution in [3.05, 3.63) is 23.8 Å². The molecule has 0 amide bonds. The van der Waals surface area contributed by atoms with Crippen molar-refractivity contribution in [2.75, 3.05) is 43.9 Å². The monoisotopic (exact) mass is 227 g/mol. The van der Waals surface area contributed by atoms with Crippen molar-refractivity contribution < 1.29 is 8.78 Å². The standard InChI is InChI=1S/C11H15F2N3/c1-15-2-4-16(5-3-15)11-7-8(12)10(14)6-9(11)13/h6-7H,2-5,14H2,1H3. The lowest BCUT2D eigenvalue weighted by Gasteiger charge is -2.34. The van der Waals surface area contributed by atoms with Crippen molar-refractivity contribution in [1.29, 1.82) is 0 Å². The van der Waals surface area contributed by atoms with Crippen LogP contribution in [0.4, 0.5) is 20.2 Å². The number of nitrogen functional groups attached to an aromatic ring is 1. The summed E-state index contributed by atoms with van der Waals surface area (Å²) in [6, 6.07) is 2.22. The van der Waals surface area contributed by atoms with Gasteiger partial charge in [0.2, 0.25) is 0 Å². The van der Waals surface area contributed by atoms with Crippen molar-refractivity contribution in [2.24, 2.45) is 0 Å². The summed E-state index contributed by atoms with van der Waals surface area (Å²) in [6.07, 6.45) is 0. The minimum atomic E-state index is -0.560. The number of anilines is 2. The van der Waals surface area contributed by atoms with Crippen LogP contribution in [0.3, 0.4) is 0 Å². The minimum absolute atomic E-state index is 0.143. The van der Waals surface area contributed by atoms with Crippen LogP contribution in [0.2, 0.25) is 0 Å². The SMILES string of the molecule is CN1CCN(c2cc(F)c(N)cc2F)CC1. The summed E-state index contributed by atoms with van der Waals surface area (Å²) < 4.78 is 26.9. The third-order valence-electron chi connectivity index (χ3n) is 2.91. The number of nitrogens with zero attached hydrogens (tertiary/aromatic N) is 2. The molecule has 1 fully saturated rings. The Morgan fingerprint density at radius 1 is 1.06 bits per heavy atom. The molecule has 0 unspecified atom stereocenters. The molecule has 2 rings (SSSR count). The van der Waals surface area contributed by atoms with Crippen LogP contribution in [0.1, 0.15) is 0 Å². The van der Waals surface area contributed by atoms with Gasteiger partial charge < -0.3 is 15.5 Å². The second kappa shape index (κ2) is 4.25. The van der Waals surface area contributed by atoms with Crippen molar-refractivity contribution in [3.63, 3.8) is 0 Å². The van der Waals surface area contributed by atoms with Gasteiger partial charge in [0.25, 0.3) is 0 Å². The minimum Gasteiger partial charge on any atom is -0.396 e. The Morgan fingerprint density at radius 3 is 2.31 bits per heavy atom. The lowest BCUT2D eigenvalue weighted by Crippen LogP contribution is -2.44. The highest BCUT2D eigenvalue weighted by molar-refractivity contribution is 5.55. The van der Waals surface area contributed by atoms with Gasteiger partial charge in [0.15, 0.2) is 0 Å². The van der Waals surface area contributed by atoms with Crippen LogP contribution in [0.25, 0.3) is 0 Å². The Morgan fingerprint density at radius 2 is 1.69 bits per heavy atom.